The first-order chi connectivity index (χ1) is 11.6. The first-order valence-electron chi connectivity index (χ1n) is 8.19. The SMILES string of the molecule is Cc1cncc(CN2CCC3(CC2)OCc2[nH]c(=O)[nH]c(=O)c23)c1. The molecule has 2 N–H and O–H groups in total. The van der Waals surface area contributed by atoms with Crippen molar-refractivity contribution in [2.24, 2.45) is 0 Å². The van der Waals surface area contributed by atoms with E-state index in [0.717, 1.165) is 38.0 Å². The Bertz CT molecular complexity index is 878. The molecule has 0 unspecified atom stereocenters. The highest BCUT2D eigenvalue weighted by molar-refractivity contribution is 5.28. The Balaban J connectivity index is 1.52. The average Bonchev–Trinajstić information content (AvgIpc) is 2.88. The van der Waals surface area contributed by atoms with E-state index >= 15 is 0 Å². The van der Waals surface area contributed by atoms with Crippen molar-refractivity contribution >= 4 is 0 Å². The van der Waals surface area contributed by atoms with E-state index in [1.54, 1.807) is 0 Å². The number of pyridine rings is 1. The van der Waals surface area contributed by atoms with Gasteiger partial charge in [0.05, 0.1) is 17.9 Å². The maximum atomic E-state index is 12.2. The number of H-pyrrole nitrogens is 2. The van der Waals surface area contributed by atoms with Crippen molar-refractivity contribution in [3.63, 3.8) is 0 Å². The van der Waals surface area contributed by atoms with E-state index in [0.29, 0.717) is 17.9 Å². The second kappa shape index (κ2) is 5.68. The lowest BCUT2D eigenvalue weighted by Gasteiger charge is -2.38. The number of nitrogens with zero attached hydrogens (tertiary/aromatic N) is 2. The molecule has 4 heterocycles. The topological polar surface area (TPSA) is 91.1 Å². The fourth-order valence-corrected chi connectivity index (χ4v) is 3.83. The number of aromatic amines is 2. The third kappa shape index (κ3) is 2.59. The van der Waals surface area contributed by atoms with Crippen molar-refractivity contribution < 1.29 is 4.74 Å². The van der Waals surface area contributed by atoms with Gasteiger partial charge in [-0.2, -0.15) is 0 Å². The van der Waals surface area contributed by atoms with E-state index in [1.165, 1.54) is 5.56 Å². The highest BCUT2D eigenvalue weighted by atomic mass is 16.5. The highest BCUT2D eigenvalue weighted by Gasteiger charge is 2.45. The number of hydrogen-bond acceptors (Lipinski definition) is 5. The largest absolute Gasteiger partial charge is 0.364 e. The van der Waals surface area contributed by atoms with Crippen molar-refractivity contribution in [2.75, 3.05) is 13.1 Å². The minimum atomic E-state index is -0.561. The van der Waals surface area contributed by atoms with Crippen LogP contribution in [0.3, 0.4) is 0 Å². The molecule has 4 rings (SSSR count). The van der Waals surface area contributed by atoms with Crippen LogP contribution >= 0.6 is 0 Å². The number of fused-ring (bicyclic) bond motifs is 2. The Labute approximate surface area is 138 Å². The molecule has 0 amide bonds. The van der Waals surface area contributed by atoms with Crippen molar-refractivity contribution in [1.82, 2.24) is 19.9 Å². The minimum absolute atomic E-state index is 0.302. The zero-order chi connectivity index (χ0) is 16.7. The molecule has 126 valence electrons. The number of nitrogens with one attached hydrogen (secondary N) is 2. The molecular weight excluding hydrogens is 308 g/mol. The molecule has 1 spiro atoms. The van der Waals surface area contributed by atoms with E-state index in [1.807, 2.05) is 19.3 Å². The fraction of sp³-hybridized carbons (Fsp3) is 0.471. The fourth-order valence-electron chi connectivity index (χ4n) is 3.83. The van der Waals surface area contributed by atoms with Crippen LogP contribution in [0.5, 0.6) is 0 Å². The average molecular weight is 328 g/mol. The molecule has 0 aromatic carbocycles. The van der Waals surface area contributed by atoms with Gasteiger partial charge in [-0.15, -0.1) is 0 Å². The summed E-state index contributed by atoms with van der Waals surface area (Å²) in [5, 5.41) is 0. The number of aromatic nitrogens is 3. The summed E-state index contributed by atoms with van der Waals surface area (Å²) in [6, 6.07) is 2.15. The lowest BCUT2D eigenvalue weighted by Crippen LogP contribution is -2.45. The molecule has 7 nitrogen and oxygen atoms in total. The lowest BCUT2D eigenvalue weighted by atomic mass is 9.85. The summed E-state index contributed by atoms with van der Waals surface area (Å²) in [7, 11) is 0. The maximum absolute atomic E-state index is 12.2. The van der Waals surface area contributed by atoms with Crippen LogP contribution in [0.15, 0.2) is 28.0 Å². The van der Waals surface area contributed by atoms with Crippen LogP contribution in [-0.4, -0.2) is 32.9 Å². The smallest absolute Gasteiger partial charge is 0.325 e. The van der Waals surface area contributed by atoms with E-state index in [2.05, 4.69) is 25.9 Å². The highest BCUT2D eigenvalue weighted by Crippen LogP contribution is 2.41. The molecule has 7 heteroatoms. The number of ether oxygens (including phenoxy) is 1. The third-order valence-corrected chi connectivity index (χ3v) is 4.97. The van der Waals surface area contributed by atoms with Crippen LogP contribution in [0.25, 0.3) is 0 Å². The molecule has 1 fully saturated rings. The monoisotopic (exact) mass is 328 g/mol. The minimum Gasteiger partial charge on any atom is -0.364 e. The van der Waals surface area contributed by atoms with Crippen molar-refractivity contribution in [1.29, 1.82) is 0 Å². The Morgan fingerprint density at radius 2 is 2.04 bits per heavy atom. The standard InChI is InChI=1S/C17H20N4O3/c1-11-6-12(8-18-7-11)9-21-4-2-17(3-5-21)14-13(10-24-17)19-16(23)20-15(14)22/h6-8H,2-5,9-10H2,1H3,(H2,19,20,22,23). The van der Waals surface area contributed by atoms with Gasteiger partial charge in [0.25, 0.3) is 5.56 Å². The van der Waals surface area contributed by atoms with Crippen LogP contribution in [-0.2, 0) is 23.5 Å². The lowest BCUT2D eigenvalue weighted by molar-refractivity contribution is -0.0807. The number of likely N-dealkylation sites (tertiary alicyclic amines) is 1. The third-order valence-electron chi connectivity index (χ3n) is 4.97. The van der Waals surface area contributed by atoms with Gasteiger partial charge in [0.1, 0.15) is 5.60 Å². The van der Waals surface area contributed by atoms with Gasteiger partial charge >= 0.3 is 5.69 Å². The van der Waals surface area contributed by atoms with Gasteiger partial charge in [0.2, 0.25) is 0 Å². The molecule has 0 aliphatic carbocycles. The molecule has 1 saturated heterocycles. The second-order valence-corrected chi connectivity index (χ2v) is 6.69. The van der Waals surface area contributed by atoms with Crippen LogP contribution < -0.4 is 11.2 Å². The van der Waals surface area contributed by atoms with E-state index in [-0.39, 0.29) is 5.56 Å². The van der Waals surface area contributed by atoms with E-state index in [9.17, 15) is 9.59 Å². The number of rotatable bonds is 2. The summed E-state index contributed by atoms with van der Waals surface area (Å²) in [5.74, 6) is 0. The Morgan fingerprint density at radius 3 is 2.79 bits per heavy atom. The summed E-state index contributed by atoms with van der Waals surface area (Å²) in [4.78, 5) is 35.3. The summed E-state index contributed by atoms with van der Waals surface area (Å²) >= 11 is 0. The van der Waals surface area contributed by atoms with Gasteiger partial charge in [-0.1, -0.05) is 6.07 Å². The second-order valence-electron chi connectivity index (χ2n) is 6.69. The van der Waals surface area contributed by atoms with Gasteiger partial charge in [-0.3, -0.25) is 19.7 Å². The first kappa shape index (κ1) is 15.3. The Morgan fingerprint density at radius 1 is 1.25 bits per heavy atom. The van der Waals surface area contributed by atoms with Gasteiger partial charge in [-0.25, -0.2) is 4.79 Å². The predicted octanol–water partition coefficient (Wildman–Crippen LogP) is 0.788. The molecule has 2 aromatic heterocycles. The first-order valence-corrected chi connectivity index (χ1v) is 8.19. The Hall–Kier alpha value is -2.25. The summed E-state index contributed by atoms with van der Waals surface area (Å²) in [5.41, 5.74) is 2.24. The summed E-state index contributed by atoms with van der Waals surface area (Å²) in [6.45, 7) is 4.87. The zero-order valence-electron chi connectivity index (χ0n) is 13.6. The maximum Gasteiger partial charge on any atom is 0.325 e. The predicted molar refractivity (Wildman–Crippen MR) is 87.6 cm³/mol. The number of aryl methyl sites for hydroxylation is 1. The van der Waals surface area contributed by atoms with Crippen LogP contribution in [0.1, 0.15) is 35.2 Å². The summed E-state index contributed by atoms with van der Waals surface area (Å²) in [6.07, 6.45) is 5.24. The molecule has 2 aliphatic heterocycles. The van der Waals surface area contributed by atoms with Crippen molar-refractivity contribution in [2.45, 2.75) is 38.5 Å². The van der Waals surface area contributed by atoms with Crippen molar-refractivity contribution in [3.8, 4) is 0 Å². The quantitative estimate of drug-likeness (QED) is 0.850. The number of hydrogen-bond donors (Lipinski definition) is 2. The Kier molecular flexibility index (Phi) is 3.62. The summed E-state index contributed by atoms with van der Waals surface area (Å²) < 4.78 is 5.98. The molecule has 0 radical (unpaired) electrons. The van der Waals surface area contributed by atoms with Crippen LogP contribution in [0.2, 0.25) is 0 Å². The van der Waals surface area contributed by atoms with Gasteiger partial charge in [0, 0.05) is 32.0 Å². The van der Waals surface area contributed by atoms with Gasteiger partial charge in [-0.05, 0) is 30.9 Å². The van der Waals surface area contributed by atoms with E-state index < -0.39 is 11.3 Å². The van der Waals surface area contributed by atoms with E-state index in [4.69, 9.17) is 4.74 Å². The molecule has 2 aliphatic rings. The molecule has 24 heavy (non-hydrogen) atoms. The van der Waals surface area contributed by atoms with Gasteiger partial charge in [0.15, 0.2) is 0 Å². The van der Waals surface area contributed by atoms with Crippen molar-refractivity contribution in [3.05, 3.63) is 61.7 Å². The molecule has 0 saturated carbocycles. The van der Waals surface area contributed by atoms with Gasteiger partial charge < -0.3 is 9.72 Å². The van der Waals surface area contributed by atoms with Crippen LogP contribution in [0, 0.1) is 6.92 Å². The molecule has 0 bridgehead atoms. The molecular formula is C17H20N4O3. The molecule has 2 aromatic rings. The zero-order valence-corrected chi connectivity index (χ0v) is 13.6. The molecule has 0 atom stereocenters. The van der Waals surface area contributed by atoms with Crippen LogP contribution in [0.4, 0.5) is 0 Å². The normalized spacial score (nSPS) is 19.5. The number of piperidine rings is 1.